The molecule has 144 valence electrons. The van der Waals surface area contributed by atoms with Crippen LogP contribution in [0, 0.1) is 19.7 Å². The topological polar surface area (TPSA) is 17.5 Å². The van der Waals surface area contributed by atoms with Crippen LogP contribution in [-0.2, 0) is 13.2 Å². The molecule has 0 unspecified atom stereocenters. The van der Waals surface area contributed by atoms with Gasteiger partial charge in [-0.2, -0.15) is 4.40 Å². The Balaban J connectivity index is 0.00000225. The lowest BCUT2D eigenvalue weighted by atomic mass is 10.2. The summed E-state index contributed by atoms with van der Waals surface area (Å²) >= 11 is 0. The lowest BCUT2D eigenvalue weighted by molar-refractivity contribution is -0.668. The fraction of sp³-hybridized carbons (Fsp3) is 0.174. The van der Waals surface area contributed by atoms with Gasteiger partial charge < -0.3 is 21.7 Å². The largest absolute Gasteiger partial charge is 1.00 e. The zero-order valence-electron chi connectivity index (χ0n) is 15.9. The van der Waals surface area contributed by atoms with Crippen molar-refractivity contribution in [3.8, 4) is 5.75 Å². The lowest BCUT2D eigenvalue weighted by Gasteiger charge is -2.07. The van der Waals surface area contributed by atoms with Gasteiger partial charge in [-0.25, -0.2) is 8.96 Å². The summed E-state index contributed by atoms with van der Waals surface area (Å²) in [6.45, 7) is 5.38. The second-order valence-electron chi connectivity index (χ2n) is 6.72. The SMILES string of the molecule is Cc1c(C)[n+](Cc2ccc(F)cc2)c2c(OCc3ccccc3)cccn12.[Br-]. The smallest absolute Gasteiger partial charge is 0.329 e. The molecule has 2 aromatic carbocycles. The Morgan fingerprint density at radius 1 is 0.893 bits per heavy atom. The minimum absolute atomic E-state index is 0. The molecule has 0 aliphatic carbocycles. The van der Waals surface area contributed by atoms with E-state index < -0.39 is 0 Å². The molecule has 0 aliphatic heterocycles. The van der Waals surface area contributed by atoms with E-state index in [1.807, 2.05) is 48.7 Å². The van der Waals surface area contributed by atoms with Crippen molar-refractivity contribution < 1.29 is 30.7 Å². The van der Waals surface area contributed by atoms with E-state index in [4.69, 9.17) is 4.74 Å². The van der Waals surface area contributed by atoms with Crippen LogP contribution >= 0.6 is 0 Å². The van der Waals surface area contributed by atoms with Crippen LogP contribution in [0.4, 0.5) is 4.39 Å². The molecule has 28 heavy (non-hydrogen) atoms. The van der Waals surface area contributed by atoms with Crippen LogP contribution in [-0.4, -0.2) is 4.40 Å². The standard InChI is InChI=1S/C23H22FN2O.BrH/c1-17-18(2)26(15-19-10-12-21(24)13-11-19)23-22(9-6-14-25(17)23)27-16-20-7-4-3-5-8-20;/h3-14H,15-16H2,1-2H3;1H/q+1;/p-1. The Hall–Kier alpha value is -2.66. The summed E-state index contributed by atoms with van der Waals surface area (Å²) in [5.74, 6) is 0.616. The van der Waals surface area contributed by atoms with E-state index in [0.29, 0.717) is 13.2 Å². The number of hydrogen-bond acceptors (Lipinski definition) is 1. The van der Waals surface area contributed by atoms with E-state index in [2.05, 4.69) is 34.9 Å². The zero-order chi connectivity index (χ0) is 18.8. The molecule has 0 saturated carbocycles. The summed E-state index contributed by atoms with van der Waals surface area (Å²) in [6.07, 6.45) is 2.05. The number of aromatic nitrogens is 2. The maximum absolute atomic E-state index is 13.3. The van der Waals surface area contributed by atoms with Gasteiger partial charge in [0.05, 0.1) is 6.20 Å². The van der Waals surface area contributed by atoms with Gasteiger partial charge in [-0.05, 0) is 35.4 Å². The number of nitrogens with zero attached hydrogens (tertiary/aromatic N) is 2. The molecule has 0 fully saturated rings. The minimum Gasteiger partial charge on any atom is -1.00 e. The average Bonchev–Trinajstić information content (AvgIpc) is 2.94. The summed E-state index contributed by atoms with van der Waals surface area (Å²) in [4.78, 5) is 0. The van der Waals surface area contributed by atoms with E-state index in [9.17, 15) is 4.39 Å². The van der Waals surface area contributed by atoms with Crippen molar-refractivity contribution in [2.24, 2.45) is 0 Å². The first-order chi connectivity index (χ1) is 13.1. The van der Waals surface area contributed by atoms with Gasteiger partial charge in [0, 0.05) is 13.8 Å². The Morgan fingerprint density at radius 3 is 2.32 bits per heavy atom. The van der Waals surface area contributed by atoms with Crippen LogP contribution in [0.25, 0.3) is 5.65 Å². The molecule has 4 aromatic rings. The minimum atomic E-state index is -0.217. The van der Waals surface area contributed by atoms with Crippen LogP contribution in [0.2, 0.25) is 0 Å². The quantitative estimate of drug-likeness (QED) is 0.431. The van der Waals surface area contributed by atoms with Crippen molar-refractivity contribution in [3.63, 3.8) is 0 Å². The number of benzene rings is 2. The van der Waals surface area contributed by atoms with E-state index in [-0.39, 0.29) is 22.8 Å². The van der Waals surface area contributed by atoms with Crippen molar-refractivity contribution in [1.29, 1.82) is 0 Å². The van der Waals surface area contributed by atoms with Crippen LogP contribution in [0.15, 0.2) is 72.9 Å². The molecule has 0 spiro atoms. The van der Waals surface area contributed by atoms with Gasteiger partial charge in [0.25, 0.3) is 0 Å². The fourth-order valence-corrected chi connectivity index (χ4v) is 3.36. The molecule has 0 bridgehead atoms. The van der Waals surface area contributed by atoms with Gasteiger partial charge in [0.15, 0.2) is 0 Å². The van der Waals surface area contributed by atoms with Crippen LogP contribution in [0.1, 0.15) is 22.5 Å². The van der Waals surface area contributed by atoms with Gasteiger partial charge in [-0.3, -0.25) is 0 Å². The Kier molecular flexibility index (Phi) is 6.15. The van der Waals surface area contributed by atoms with Gasteiger partial charge in [-0.15, -0.1) is 0 Å². The Labute approximate surface area is 174 Å². The van der Waals surface area contributed by atoms with Gasteiger partial charge in [-0.1, -0.05) is 42.5 Å². The predicted molar refractivity (Wildman–Crippen MR) is 103 cm³/mol. The maximum Gasteiger partial charge on any atom is 0.329 e. The second kappa shape index (κ2) is 8.57. The highest BCUT2D eigenvalue weighted by atomic mass is 79.9. The molecule has 0 radical (unpaired) electrons. The molecule has 3 nitrogen and oxygen atoms in total. The molecule has 0 atom stereocenters. The number of ether oxygens (including phenoxy) is 1. The first-order valence-corrected chi connectivity index (χ1v) is 9.05. The van der Waals surface area contributed by atoms with Crippen molar-refractivity contribution in [1.82, 2.24) is 4.40 Å². The van der Waals surface area contributed by atoms with Crippen LogP contribution < -0.4 is 26.3 Å². The number of fused-ring (bicyclic) bond motifs is 1. The third kappa shape index (κ3) is 3.94. The highest BCUT2D eigenvalue weighted by molar-refractivity contribution is 5.51. The highest BCUT2D eigenvalue weighted by Gasteiger charge is 2.23. The van der Waals surface area contributed by atoms with Gasteiger partial charge in [0.1, 0.15) is 30.4 Å². The second-order valence-corrected chi connectivity index (χ2v) is 6.72. The molecule has 0 amide bonds. The van der Waals surface area contributed by atoms with Crippen LogP contribution in [0.3, 0.4) is 0 Å². The first-order valence-electron chi connectivity index (χ1n) is 9.05. The van der Waals surface area contributed by atoms with Crippen molar-refractivity contribution >= 4 is 5.65 Å². The summed E-state index contributed by atoms with van der Waals surface area (Å²) in [5, 5.41) is 0. The molecule has 0 aliphatic rings. The number of rotatable bonds is 5. The summed E-state index contributed by atoms with van der Waals surface area (Å²) in [7, 11) is 0. The Morgan fingerprint density at radius 2 is 1.61 bits per heavy atom. The molecular weight excluding hydrogens is 419 g/mol. The third-order valence-electron chi connectivity index (χ3n) is 4.97. The van der Waals surface area contributed by atoms with E-state index in [0.717, 1.165) is 33.9 Å². The molecule has 2 aromatic heterocycles. The number of pyridine rings is 1. The lowest BCUT2D eigenvalue weighted by Crippen LogP contribution is -3.00. The van der Waals surface area contributed by atoms with Crippen molar-refractivity contribution in [2.45, 2.75) is 27.0 Å². The maximum atomic E-state index is 13.3. The molecule has 2 heterocycles. The molecule has 5 heteroatoms. The Bertz CT molecular complexity index is 1080. The van der Waals surface area contributed by atoms with Crippen molar-refractivity contribution in [3.05, 3.63) is 101 Å². The van der Waals surface area contributed by atoms with Gasteiger partial charge in [0.2, 0.25) is 5.75 Å². The first kappa shape index (κ1) is 20.1. The number of aryl methyl sites for hydroxylation is 1. The normalized spacial score (nSPS) is 10.7. The molecule has 4 rings (SSSR count). The van der Waals surface area contributed by atoms with E-state index in [1.165, 1.54) is 12.1 Å². The summed E-state index contributed by atoms with van der Waals surface area (Å²) in [6, 6.07) is 20.8. The van der Waals surface area contributed by atoms with E-state index in [1.54, 1.807) is 0 Å². The van der Waals surface area contributed by atoms with E-state index >= 15 is 0 Å². The monoisotopic (exact) mass is 440 g/mol. The van der Waals surface area contributed by atoms with Gasteiger partial charge >= 0.3 is 5.65 Å². The van der Waals surface area contributed by atoms with Crippen molar-refractivity contribution in [2.75, 3.05) is 0 Å². The summed E-state index contributed by atoms with van der Waals surface area (Å²) < 4.78 is 23.8. The zero-order valence-corrected chi connectivity index (χ0v) is 17.5. The average molecular weight is 441 g/mol. The third-order valence-corrected chi connectivity index (χ3v) is 4.97. The fourth-order valence-electron chi connectivity index (χ4n) is 3.36. The predicted octanol–water partition coefficient (Wildman–Crippen LogP) is 1.61. The highest BCUT2D eigenvalue weighted by Crippen LogP contribution is 2.22. The molecular formula is C23H22BrFN2O. The number of imidazole rings is 1. The number of hydrogen-bond donors (Lipinski definition) is 0. The number of halogens is 2. The summed E-state index contributed by atoms with van der Waals surface area (Å²) in [5.41, 5.74) is 5.51. The molecule has 0 saturated heterocycles. The molecule has 0 N–H and O–H groups in total. The van der Waals surface area contributed by atoms with Crippen LogP contribution in [0.5, 0.6) is 5.75 Å².